The normalized spacial score (nSPS) is 15.3. The second kappa shape index (κ2) is 11.4. The van der Waals surface area contributed by atoms with Crippen molar-refractivity contribution in [1.29, 1.82) is 0 Å². The summed E-state index contributed by atoms with van der Waals surface area (Å²) in [5, 5.41) is 14.7. The number of ether oxygens (including phenoxy) is 1. The lowest BCUT2D eigenvalue weighted by molar-refractivity contribution is -0.385. The summed E-state index contributed by atoms with van der Waals surface area (Å²) in [7, 11) is -3.33. The van der Waals surface area contributed by atoms with Gasteiger partial charge in [-0.1, -0.05) is 26.2 Å². The van der Waals surface area contributed by atoms with Crippen molar-refractivity contribution < 1.29 is 18.1 Å². The van der Waals surface area contributed by atoms with E-state index in [1.165, 1.54) is 56.3 Å². The zero-order chi connectivity index (χ0) is 23.8. The van der Waals surface area contributed by atoms with Crippen LogP contribution in [-0.2, 0) is 9.84 Å². The van der Waals surface area contributed by atoms with E-state index < -0.39 is 14.8 Å². The molecule has 1 aliphatic heterocycles. The summed E-state index contributed by atoms with van der Waals surface area (Å²) in [6.07, 6.45) is 8.67. The molecule has 1 aromatic carbocycles. The number of unbranched alkanes of at least 4 members (excludes halogenated alkanes) is 3. The maximum absolute atomic E-state index is 11.8. The molecule has 0 spiro atoms. The van der Waals surface area contributed by atoms with Gasteiger partial charge in [-0.05, 0) is 50.1 Å². The first-order chi connectivity index (χ1) is 15.8. The van der Waals surface area contributed by atoms with Crippen LogP contribution in [0.2, 0.25) is 0 Å². The quantitative estimate of drug-likeness (QED) is 0.290. The number of hydrogen-bond acceptors (Lipinski definition) is 9. The minimum atomic E-state index is -3.33. The van der Waals surface area contributed by atoms with E-state index in [-0.39, 0.29) is 28.4 Å². The van der Waals surface area contributed by atoms with Crippen molar-refractivity contribution in [2.24, 2.45) is 0 Å². The van der Waals surface area contributed by atoms with E-state index in [0.29, 0.717) is 5.69 Å². The number of nitrogens with one attached hydrogen (secondary N) is 1. The third-order valence-electron chi connectivity index (χ3n) is 5.66. The Bertz CT molecular complexity index is 1040. The van der Waals surface area contributed by atoms with Crippen molar-refractivity contribution in [3.63, 3.8) is 0 Å². The Morgan fingerprint density at radius 3 is 2.45 bits per heavy atom. The molecular formula is C22H31N5O5S. The van der Waals surface area contributed by atoms with E-state index in [4.69, 9.17) is 4.74 Å². The van der Waals surface area contributed by atoms with E-state index in [1.54, 1.807) is 0 Å². The average Bonchev–Trinajstić information content (AvgIpc) is 2.77. The second-order valence-corrected chi connectivity index (χ2v) is 10.3. The molecule has 10 nitrogen and oxygen atoms in total. The molecule has 0 saturated carbocycles. The van der Waals surface area contributed by atoms with E-state index >= 15 is 0 Å². The second-order valence-electron chi connectivity index (χ2n) is 8.27. The third kappa shape index (κ3) is 7.10. The Kier molecular flexibility index (Phi) is 8.56. The minimum absolute atomic E-state index is 0.00883. The van der Waals surface area contributed by atoms with Gasteiger partial charge in [0.05, 0.1) is 9.82 Å². The van der Waals surface area contributed by atoms with Crippen LogP contribution in [0.3, 0.4) is 0 Å². The van der Waals surface area contributed by atoms with E-state index in [9.17, 15) is 18.5 Å². The molecule has 1 aromatic heterocycles. The lowest BCUT2D eigenvalue weighted by Crippen LogP contribution is -2.38. The highest BCUT2D eigenvalue weighted by atomic mass is 32.2. The fourth-order valence-corrected chi connectivity index (χ4v) is 4.43. The molecule has 1 saturated heterocycles. The maximum atomic E-state index is 11.8. The average molecular weight is 478 g/mol. The summed E-state index contributed by atoms with van der Waals surface area (Å²) in [5.74, 6) is -0.0721. The summed E-state index contributed by atoms with van der Waals surface area (Å²) >= 11 is 0. The first kappa shape index (κ1) is 24.8. The molecule has 11 heteroatoms. The van der Waals surface area contributed by atoms with Gasteiger partial charge in [0.25, 0.3) is 5.88 Å². The van der Waals surface area contributed by atoms with Crippen molar-refractivity contribution in [3.05, 3.63) is 40.7 Å². The standard InChI is InChI=1S/C22H31N5O5S/c1-3-4-5-6-13-26-14-11-18(12-15-26)32-22-20(27(28)29)21(23-16-24-22)25-17-7-9-19(10-8-17)33(2,30)31/h7-10,16,18H,3-6,11-15H2,1-2H3,(H,23,24,25). The monoisotopic (exact) mass is 477 g/mol. The van der Waals surface area contributed by atoms with Gasteiger partial charge in [-0.25, -0.2) is 13.4 Å². The van der Waals surface area contributed by atoms with Gasteiger partial charge in [0.15, 0.2) is 9.84 Å². The largest absolute Gasteiger partial charge is 0.469 e. The van der Waals surface area contributed by atoms with Crippen molar-refractivity contribution in [2.75, 3.05) is 31.2 Å². The molecule has 1 fully saturated rings. The number of anilines is 2. The van der Waals surface area contributed by atoms with Crippen LogP contribution >= 0.6 is 0 Å². The highest BCUT2D eigenvalue weighted by molar-refractivity contribution is 7.90. The smallest absolute Gasteiger partial charge is 0.373 e. The number of hydrogen-bond donors (Lipinski definition) is 1. The molecule has 33 heavy (non-hydrogen) atoms. The van der Waals surface area contributed by atoms with Gasteiger partial charge in [0, 0.05) is 25.0 Å². The predicted octanol–water partition coefficient (Wildman–Crippen LogP) is 3.96. The fourth-order valence-electron chi connectivity index (χ4n) is 3.80. The first-order valence-electron chi connectivity index (χ1n) is 11.2. The van der Waals surface area contributed by atoms with Crippen molar-refractivity contribution in [3.8, 4) is 5.88 Å². The summed E-state index contributed by atoms with van der Waals surface area (Å²) in [5.41, 5.74) is 0.123. The van der Waals surface area contributed by atoms with Crippen LogP contribution in [0.4, 0.5) is 17.2 Å². The molecule has 180 valence electrons. The lowest BCUT2D eigenvalue weighted by atomic mass is 10.1. The summed E-state index contributed by atoms with van der Waals surface area (Å²) in [6, 6.07) is 5.91. The zero-order valence-corrected chi connectivity index (χ0v) is 19.9. The Morgan fingerprint density at radius 2 is 1.85 bits per heavy atom. The van der Waals surface area contributed by atoms with E-state index in [2.05, 4.69) is 27.1 Å². The lowest BCUT2D eigenvalue weighted by Gasteiger charge is -2.31. The van der Waals surface area contributed by atoms with Gasteiger partial charge < -0.3 is 15.0 Å². The zero-order valence-electron chi connectivity index (χ0n) is 19.1. The molecule has 0 amide bonds. The number of benzene rings is 1. The van der Waals surface area contributed by atoms with Crippen LogP contribution in [0, 0.1) is 10.1 Å². The molecule has 1 N–H and O–H groups in total. The Balaban J connectivity index is 1.66. The molecule has 0 aliphatic carbocycles. The van der Waals surface area contributed by atoms with Crippen molar-refractivity contribution in [1.82, 2.24) is 14.9 Å². The van der Waals surface area contributed by atoms with Crippen LogP contribution in [0.25, 0.3) is 0 Å². The van der Waals surface area contributed by atoms with Crippen LogP contribution in [0.1, 0.15) is 45.4 Å². The number of nitro groups is 1. The van der Waals surface area contributed by atoms with Crippen LogP contribution < -0.4 is 10.1 Å². The number of aromatic nitrogens is 2. The number of likely N-dealkylation sites (tertiary alicyclic amines) is 1. The summed E-state index contributed by atoms with van der Waals surface area (Å²) in [4.78, 5) is 21.8. The molecular weight excluding hydrogens is 446 g/mol. The van der Waals surface area contributed by atoms with E-state index in [1.807, 2.05) is 0 Å². The number of rotatable bonds is 11. The van der Waals surface area contributed by atoms with Crippen molar-refractivity contribution in [2.45, 2.75) is 56.4 Å². The van der Waals surface area contributed by atoms with Gasteiger partial charge in [-0.3, -0.25) is 10.1 Å². The van der Waals surface area contributed by atoms with Gasteiger partial charge in [-0.15, -0.1) is 0 Å². The summed E-state index contributed by atoms with van der Waals surface area (Å²) in [6.45, 7) is 5.07. The molecule has 2 aromatic rings. The fraction of sp³-hybridized carbons (Fsp3) is 0.545. The van der Waals surface area contributed by atoms with Crippen molar-refractivity contribution >= 4 is 27.0 Å². The van der Waals surface area contributed by atoms with Gasteiger partial charge in [-0.2, -0.15) is 4.98 Å². The first-order valence-corrected chi connectivity index (χ1v) is 13.1. The molecule has 0 bridgehead atoms. The highest BCUT2D eigenvalue weighted by Crippen LogP contribution is 2.34. The molecule has 0 atom stereocenters. The summed E-state index contributed by atoms with van der Waals surface area (Å²) < 4.78 is 29.2. The number of piperidine rings is 1. The molecule has 1 aliphatic rings. The number of sulfone groups is 1. The van der Waals surface area contributed by atoms with Crippen LogP contribution in [-0.4, -0.2) is 60.2 Å². The Labute approximate surface area is 194 Å². The van der Waals surface area contributed by atoms with E-state index in [0.717, 1.165) is 38.7 Å². The Morgan fingerprint density at radius 1 is 1.15 bits per heavy atom. The number of nitrogens with zero attached hydrogens (tertiary/aromatic N) is 4. The topological polar surface area (TPSA) is 128 Å². The maximum Gasteiger partial charge on any atom is 0.373 e. The predicted molar refractivity (Wildman–Crippen MR) is 126 cm³/mol. The molecule has 3 rings (SSSR count). The van der Waals surface area contributed by atoms with Gasteiger partial charge >= 0.3 is 5.69 Å². The Hall–Kier alpha value is -2.79. The SMILES string of the molecule is CCCCCCN1CCC(Oc2ncnc(Nc3ccc(S(C)(=O)=O)cc3)c2[N+](=O)[O-])CC1. The van der Waals surface area contributed by atoms with Gasteiger partial charge in [0.2, 0.25) is 5.82 Å². The molecule has 2 heterocycles. The third-order valence-corrected chi connectivity index (χ3v) is 6.79. The minimum Gasteiger partial charge on any atom is -0.469 e. The molecule has 0 radical (unpaired) electrons. The van der Waals surface area contributed by atoms with Crippen LogP contribution in [0.15, 0.2) is 35.5 Å². The van der Waals surface area contributed by atoms with Crippen LogP contribution in [0.5, 0.6) is 5.88 Å². The highest BCUT2D eigenvalue weighted by Gasteiger charge is 2.28. The molecule has 0 unspecified atom stereocenters. The van der Waals surface area contributed by atoms with Gasteiger partial charge in [0.1, 0.15) is 12.4 Å².